The molecule has 0 aliphatic rings. The maximum atomic E-state index is 9.26. The fourth-order valence-electron chi connectivity index (χ4n) is 1.97. The second-order valence-corrected chi connectivity index (χ2v) is 4.51. The molecule has 3 nitrogen and oxygen atoms in total. The Morgan fingerprint density at radius 3 is 2.53 bits per heavy atom. The molecule has 1 N–H and O–H groups in total. The van der Waals surface area contributed by atoms with Crippen molar-refractivity contribution in [3.63, 3.8) is 0 Å². The maximum absolute atomic E-state index is 9.26. The van der Waals surface area contributed by atoms with Crippen LogP contribution in [0.3, 0.4) is 0 Å². The standard InChI is InChI=1S/C16H17N3/c1-13(15-8-5-9-18-11-15)19-12-16(10-17)14-6-3-2-4-7-14/h2-9,11,13,16,19H,12H2,1H3/t13-,16?/m1/s1. The molecule has 1 unspecified atom stereocenters. The largest absolute Gasteiger partial charge is 0.308 e. The average molecular weight is 251 g/mol. The van der Waals surface area contributed by atoms with E-state index < -0.39 is 0 Å². The van der Waals surface area contributed by atoms with Crippen molar-refractivity contribution in [2.75, 3.05) is 6.54 Å². The summed E-state index contributed by atoms with van der Waals surface area (Å²) in [5.74, 6) is -0.125. The lowest BCUT2D eigenvalue weighted by molar-refractivity contribution is 0.556. The van der Waals surface area contributed by atoms with Gasteiger partial charge in [0.25, 0.3) is 0 Å². The summed E-state index contributed by atoms with van der Waals surface area (Å²) in [4.78, 5) is 4.11. The van der Waals surface area contributed by atoms with Crippen molar-refractivity contribution in [1.82, 2.24) is 10.3 Å². The Morgan fingerprint density at radius 1 is 1.16 bits per heavy atom. The minimum absolute atomic E-state index is 0.125. The predicted molar refractivity (Wildman–Crippen MR) is 75.5 cm³/mol. The molecule has 19 heavy (non-hydrogen) atoms. The Labute approximate surface area is 113 Å². The molecule has 3 heteroatoms. The molecule has 0 aliphatic carbocycles. The van der Waals surface area contributed by atoms with Gasteiger partial charge in [0, 0.05) is 25.0 Å². The van der Waals surface area contributed by atoms with E-state index in [1.807, 2.05) is 48.7 Å². The van der Waals surface area contributed by atoms with Crippen molar-refractivity contribution in [3.05, 3.63) is 66.0 Å². The van der Waals surface area contributed by atoms with Crippen LogP contribution in [0.4, 0.5) is 0 Å². The lowest BCUT2D eigenvalue weighted by atomic mass is 10.00. The Morgan fingerprint density at radius 2 is 1.89 bits per heavy atom. The molecular weight excluding hydrogens is 234 g/mol. The molecular formula is C16H17N3. The van der Waals surface area contributed by atoms with Gasteiger partial charge in [-0.2, -0.15) is 5.26 Å². The van der Waals surface area contributed by atoms with Crippen LogP contribution in [0.25, 0.3) is 0 Å². The summed E-state index contributed by atoms with van der Waals surface area (Å²) in [5, 5.41) is 12.6. The highest BCUT2D eigenvalue weighted by atomic mass is 14.9. The van der Waals surface area contributed by atoms with Crippen LogP contribution in [0.1, 0.15) is 30.0 Å². The second-order valence-electron chi connectivity index (χ2n) is 4.51. The number of pyridine rings is 1. The van der Waals surface area contributed by atoms with Gasteiger partial charge in [-0.1, -0.05) is 36.4 Å². The van der Waals surface area contributed by atoms with Crippen LogP contribution in [0, 0.1) is 11.3 Å². The SMILES string of the molecule is C[C@@H](NCC(C#N)c1ccccc1)c1cccnc1. The van der Waals surface area contributed by atoms with Crippen LogP contribution in [-0.4, -0.2) is 11.5 Å². The number of nitrogens with one attached hydrogen (secondary N) is 1. The van der Waals surface area contributed by atoms with Crippen LogP contribution in [0.2, 0.25) is 0 Å². The van der Waals surface area contributed by atoms with Crippen molar-refractivity contribution >= 4 is 0 Å². The first-order valence-corrected chi connectivity index (χ1v) is 6.39. The van der Waals surface area contributed by atoms with Crippen LogP contribution in [0.15, 0.2) is 54.9 Å². The van der Waals surface area contributed by atoms with E-state index in [9.17, 15) is 5.26 Å². The summed E-state index contributed by atoms with van der Waals surface area (Å²) in [6.07, 6.45) is 3.61. The van der Waals surface area contributed by atoms with Crippen molar-refractivity contribution in [2.24, 2.45) is 0 Å². The van der Waals surface area contributed by atoms with Gasteiger partial charge in [0.2, 0.25) is 0 Å². The first kappa shape index (κ1) is 13.3. The normalized spacial score (nSPS) is 13.5. The number of aromatic nitrogens is 1. The zero-order chi connectivity index (χ0) is 13.5. The van der Waals surface area contributed by atoms with Crippen molar-refractivity contribution in [2.45, 2.75) is 18.9 Å². The fraction of sp³-hybridized carbons (Fsp3) is 0.250. The van der Waals surface area contributed by atoms with Gasteiger partial charge >= 0.3 is 0 Å². The number of rotatable bonds is 5. The lowest BCUT2D eigenvalue weighted by Crippen LogP contribution is -2.24. The van der Waals surface area contributed by atoms with Crippen molar-refractivity contribution in [1.29, 1.82) is 5.26 Å². The first-order valence-electron chi connectivity index (χ1n) is 6.39. The van der Waals surface area contributed by atoms with E-state index >= 15 is 0 Å². The lowest BCUT2D eigenvalue weighted by Gasteiger charge is -2.16. The van der Waals surface area contributed by atoms with Crippen LogP contribution in [0.5, 0.6) is 0 Å². The molecule has 0 radical (unpaired) electrons. The summed E-state index contributed by atoms with van der Waals surface area (Å²) in [5.41, 5.74) is 2.18. The zero-order valence-electron chi connectivity index (χ0n) is 11.0. The minimum atomic E-state index is -0.125. The number of benzene rings is 1. The van der Waals surface area contributed by atoms with Gasteiger partial charge in [0.05, 0.1) is 12.0 Å². The van der Waals surface area contributed by atoms with E-state index in [0.29, 0.717) is 6.54 Å². The summed E-state index contributed by atoms with van der Waals surface area (Å²) >= 11 is 0. The third kappa shape index (κ3) is 3.64. The Hall–Kier alpha value is -2.18. The van der Waals surface area contributed by atoms with Crippen LogP contribution < -0.4 is 5.32 Å². The van der Waals surface area contributed by atoms with Crippen molar-refractivity contribution in [3.8, 4) is 6.07 Å². The van der Waals surface area contributed by atoms with E-state index in [-0.39, 0.29) is 12.0 Å². The summed E-state index contributed by atoms with van der Waals surface area (Å²) in [6, 6.07) is 16.4. The Kier molecular flexibility index (Phi) is 4.66. The molecule has 1 aromatic heterocycles. The summed E-state index contributed by atoms with van der Waals surface area (Å²) in [6.45, 7) is 2.72. The van der Waals surface area contributed by atoms with Crippen LogP contribution >= 0.6 is 0 Å². The molecule has 0 spiro atoms. The highest BCUT2D eigenvalue weighted by Gasteiger charge is 2.12. The third-order valence-corrected chi connectivity index (χ3v) is 3.17. The van der Waals surface area contributed by atoms with Gasteiger partial charge < -0.3 is 5.32 Å². The van der Waals surface area contributed by atoms with Gasteiger partial charge in [-0.25, -0.2) is 0 Å². The quantitative estimate of drug-likeness (QED) is 0.888. The molecule has 0 saturated heterocycles. The van der Waals surface area contributed by atoms with Gasteiger partial charge in [-0.3, -0.25) is 4.98 Å². The van der Waals surface area contributed by atoms with E-state index in [1.54, 1.807) is 6.20 Å². The van der Waals surface area contributed by atoms with Gasteiger partial charge in [0.1, 0.15) is 0 Å². The van der Waals surface area contributed by atoms with Crippen LogP contribution in [-0.2, 0) is 0 Å². The monoisotopic (exact) mass is 251 g/mol. The second kappa shape index (κ2) is 6.67. The third-order valence-electron chi connectivity index (χ3n) is 3.17. The Bertz CT molecular complexity index is 531. The molecule has 96 valence electrons. The van der Waals surface area contributed by atoms with E-state index in [0.717, 1.165) is 11.1 Å². The number of nitrogens with zero attached hydrogens (tertiary/aromatic N) is 2. The van der Waals surface area contributed by atoms with E-state index in [4.69, 9.17) is 0 Å². The molecule has 2 atom stereocenters. The number of hydrogen-bond acceptors (Lipinski definition) is 3. The molecule has 0 saturated carbocycles. The molecule has 1 aromatic carbocycles. The molecule has 0 aliphatic heterocycles. The zero-order valence-corrected chi connectivity index (χ0v) is 11.0. The van der Waals surface area contributed by atoms with Gasteiger partial charge in [0.15, 0.2) is 0 Å². The maximum Gasteiger partial charge on any atom is 0.0837 e. The molecule has 0 fully saturated rings. The van der Waals surface area contributed by atoms with Gasteiger partial charge in [-0.15, -0.1) is 0 Å². The molecule has 1 heterocycles. The molecule has 2 rings (SSSR count). The highest BCUT2D eigenvalue weighted by molar-refractivity contribution is 5.25. The number of nitriles is 1. The van der Waals surface area contributed by atoms with E-state index in [1.165, 1.54) is 0 Å². The van der Waals surface area contributed by atoms with Gasteiger partial charge in [-0.05, 0) is 24.1 Å². The van der Waals surface area contributed by atoms with E-state index in [2.05, 4.69) is 23.3 Å². The Balaban J connectivity index is 1.96. The number of hydrogen-bond donors (Lipinski definition) is 1. The topological polar surface area (TPSA) is 48.7 Å². The van der Waals surface area contributed by atoms with Crippen molar-refractivity contribution < 1.29 is 0 Å². The fourth-order valence-corrected chi connectivity index (χ4v) is 1.97. The average Bonchev–Trinajstić information content (AvgIpc) is 2.49. The molecule has 0 bridgehead atoms. The highest BCUT2D eigenvalue weighted by Crippen LogP contribution is 2.16. The smallest absolute Gasteiger partial charge is 0.0837 e. The predicted octanol–water partition coefficient (Wildman–Crippen LogP) is 3.04. The molecule has 2 aromatic rings. The first-order chi connectivity index (χ1) is 9.31. The summed E-state index contributed by atoms with van der Waals surface area (Å²) in [7, 11) is 0. The minimum Gasteiger partial charge on any atom is -0.308 e. The summed E-state index contributed by atoms with van der Waals surface area (Å²) < 4.78 is 0. The molecule has 0 amide bonds.